The molecule has 1 saturated carbocycles. The zero-order valence-corrected chi connectivity index (χ0v) is 10.9. The Bertz CT molecular complexity index is 428. The Balaban J connectivity index is 1.99. The summed E-state index contributed by atoms with van der Waals surface area (Å²) >= 11 is 1.50. The van der Waals surface area contributed by atoms with Crippen LogP contribution in [0, 0.1) is 18.8 Å². The van der Waals surface area contributed by atoms with Gasteiger partial charge in [0.1, 0.15) is 0 Å². The molecule has 0 saturated heterocycles. The van der Waals surface area contributed by atoms with E-state index in [2.05, 4.69) is 0 Å². The van der Waals surface area contributed by atoms with E-state index in [0.29, 0.717) is 18.4 Å². The van der Waals surface area contributed by atoms with Crippen molar-refractivity contribution in [1.82, 2.24) is 0 Å². The Morgan fingerprint density at radius 3 is 2.33 bits per heavy atom. The number of thiophene rings is 1. The second-order valence-electron chi connectivity index (χ2n) is 4.84. The van der Waals surface area contributed by atoms with E-state index in [1.54, 1.807) is 6.07 Å². The first-order valence-electron chi connectivity index (χ1n) is 6.04. The van der Waals surface area contributed by atoms with Gasteiger partial charge in [-0.2, -0.15) is 13.2 Å². The van der Waals surface area contributed by atoms with Crippen molar-refractivity contribution in [3.05, 3.63) is 21.9 Å². The molecule has 1 aromatic heterocycles. The van der Waals surface area contributed by atoms with Crippen molar-refractivity contribution in [2.45, 2.75) is 38.8 Å². The van der Waals surface area contributed by atoms with Crippen LogP contribution in [0.3, 0.4) is 0 Å². The van der Waals surface area contributed by atoms with E-state index in [0.717, 1.165) is 4.88 Å². The van der Waals surface area contributed by atoms with Crippen LogP contribution in [0.2, 0.25) is 0 Å². The second-order valence-corrected chi connectivity index (χ2v) is 5.97. The van der Waals surface area contributed by atoms with Crippen molar-refractivity contribution >= 4 is 17.1 Å². The van der Waals surface area contributed by atoms with Gasteiger partial charge >= 0.3 is 6.18 Å². The molecule has 1 heterocycles. The summed E-state index contributed by atoms with van der Waals surface area (Å²) in [5.74, 6) is -1.42. The molecule has 1 fully saturated rings. The monoisotopic (exact) mass is 276 g/mol. The number of Topliss-reactive ketones (excluding diaryl/α,β-unsaturated/α-hetero) is 1. The van der Waals surface area contributed by atoms with Crippen LogP contribution < -0.4 is 0 Å². The highest BCUT2D eigenvalue weighted by atomic mass is 32.1. The van der Waals surface area contributed by atoms with E-state index >= 15 is 0 Å². The first-order chi connectivity index (χ1) is 8.39. The van der Waals surface area contributed by atoms with E-state index in [4.69, 9.17) is 0 Å². The third-order valence-corrected chi connectivity index (χ3v) is 4.53. The summed E-state index contributed by atoms with van der Waals surface area (Å²) in [7, 11) is 0. The van der Waals surface area contributed by atoms with Crippen LogP contribution in [-0.4, -0.2) is 12.0 Å². The summed E-state index contributed by atoms with van der Waals surface area (Å²) in [6.45, 7) is 1.87. The fourth-order valence-electron chi connectivity index (χ4n) is 2.54. The highest BCUT2D eigenvalue weighted by molar-refractivity contribution is 7.10. The number of hydrogen-bond acceptors (Lipinski definition) is 2. The number of rotatable bonds is 2. The Kier molecular flexibility index (Phi) is 3.80. The summed E-state index contributed by atoms with van der Waals surface area (Å²) in [5.41, 5.74) is 0.690. The zero-order valence-electron chi connectivity index (χ0n) is 10.1. The first kappa shape index (κ1) is 13.6. The maximum atomic E-state index is 12.5. The van der Waals surface area contributed by atoms with E-state index in [9.17, 15) is 18.0 Å². The van der Waals surface area contributed by atoms with Crippen LogP contribution in [0.25, 0.3) is 0 Å². The Labute approximate surface area is 108 Å². The van der Waals surface area contributed by atoms with Gasteiger partial charge in [0.05, 0.1) is 5.92 Å². The van der Waals surface area contributed by atoms with Gasteiger partial charge in [0, 0.05) is 16.4 Å². The minimum atomic E-state index is -4.10. The lowest BCUT2D eigenvalue weighted by Crippen LogP contribution is -2.30. The molecule has 0 unspecified atom stereocenters. The fourth-order valence-corrected chi connectivity index (χ4v) is 3.25. The van der Waals surface area contributed by atoms with E-state index in [-0.39, 0.29) is 24.5 Å². The molecule has 2 rings (SSSR count). The third-order valence-electron chi connectivity index (χ3n) is 3.69. The summed E-state index contributed by atoms with van der Waals surface area (Å²) < 4.78 is 37.6. The van der Waals surface area contributed by atoms with Gasteiger partial charge in [0.2, 0.25) is 0 Å². The molecule has 1 aromatic rings. The molecule has 100 valence electrons. The quantitative estimate of drug-likeness (QED) is 0.721. The van der Waals surface area contributed by atoms with E-state index in [1.165, 1.54) is 11.3 Å². The van der Waals surface area contributed by atoms with Gasteiger partial charge < -0.3 is 0 Å². The minimum absolute atomic E-state index is 0.0226. The molecule has 1 aliphatic rings. The van der Waals surface area contributed by atoms with Crippen LogP contribution in [0.1, 0.15) is 40.9 Å². The number of carbonyl (C=O) groups excluding carboxylic acids is 1. The lowest BCUT2D eigenvalue weighted by molar-refractivity contribution is -0.183. The molecule has 0 aliphatic heterocycles. The maximum Gasteiger partial charge on any atom is 0.391 e. The predicted molar refractivity (Wildman–Crippen MR) is 64.9 cm³/mol. The predicted octanol–water partition coefficient (Wildman–Crippen LogP) is 4.61. The largest absolute Gasteiger partial charge is 0.391 e. The van der Waals surface area contributed by atoms with Crippen LogP contribution in [0.5, 0.6) is 0 Å². The molecule has 0 atom stereocenters. The van der Waals surface area contributed by atoms with Gasteiger partial charge in [-0.05, 0) is 44.1 Å². The summed E-state index contributed by atoms with van der Waals surface area (Å²) in [4.78, 5) is 13.1. The molecular weight excluding hydrogens is 261 g/mol. The second kappa shape index (κ2) is 5.03. The number of ketones is 1. The smallest absolute Gasteiger partial charge is 0.294 e. The number of alkyl halides is 3. The number of hydrogen-bond donors (Lipinski definition) is 0. The molecule has 1 aliphatic carbocycles. The van der Waals surface area contributed by atoms with Gasteiger partial charge in [-0.25, -0.2) is 0 Å². The Morgan fingerprint density at radius 1 is 1.28 bits per heavy atom. The average molecular weight is 276 g/mol. The maximum absolute atomic E-state index is 12.5. The van der Waals surface area contributed by atoms with Crippen molar-refractivity contribution in [3.8, 4) is 0 Å². The molecule has 18 heavy (non-hydrogen) atoms. The van der Waals surface area contributed by atoms with Gasteiger partial charge in [-0.1, -0.05) is 0 Å². The van der Waals surface area contributed by atoms with Crippen molar-refractivity contribution < 1.29 is 18.0 Å². The number of carbonyl (C=O) groups is 1. The van der Waals surface area contributed by atoms with Crippen molar-refractivity contribution in [2.75, 3.05) is 0 Å². The van der Waals surface area contributed by atoms with E-state index in [1.807, 2.05) is 12.3 Å². The van der Waals surface area contributed by atoms with Gasteiger partial charge in [0.25, 0.3) is 0 Å². The minimum Gasteiger partial charge on any atom is -0.294 e. The number of halogens is 3. The van der Waals surface area contributed by atoms with E-state index < -0.39 is 12.1 Å². The standard InChI is InChI=1S/C13H15F3OS/c1-8-11(6-7-18-8)12(17)9-2-4-10(5-3-9)13(14,15)16/h6-7,9-10H,2-5H2,1H3. The SMILES string of the molecule is Cc1sccc1C(=O)C1CCC(C(F)(F)F)CC1. The topological polar surface area (TPSA) is 17.1 Å². The van der Waals surface area contributed by atoms with Gasteiger partial charge in [0.15, 0.2) is 5.78 Å². The van der Waals surface area contributed by atoms with Crippen molar-refractivity contribution in [1.29, 1.82) is 0 Å². The fraction of sp³-hybridized carbons (Fsp3) is 0.615. The normalized spacial score (nSPS) is 25.1. The van der Waals surface area contributed by atoms with Crippen LogP contribution in [-0.2, 0) is 0 Å². The molecule has 0 N–H and O–H groups in total. The van der Waals surface area contributed by atoms with Gasteiger partial charge in [-0.3, -0.25) is 4.79 Å². The molecule has 0 amide bonds. The molecular formula is C13H15F3OS. The number of aryl methyl sites for hydroxylation is 1. The van der Waals surface area contributed by atoms with Crippen molar-refractivity contribution in [2.24, 2.45) is 11.8 Å². The molecule has 0 spiro atoms. The molecule has 0 aromatic carbocycles. The lowest BCUT2D eigenvalue weighted by Gasteiger charge is -2.29. The Morgan fingerprint density at radius 2 is 1.89 bits per heavy atom. The lowest BCUT2D eigenvalue weighted by atomic mass is 9.78. The molecule has 0 radical (unpaired) electrons. The van der Waals surface area contributed by atoms with Crippen LogP contribution in [0.15, 0.2) is 11.4 Å². The summed E-state index contributed by atoms with van der Waals surface area (Å²) in [5, 5.41) is 1.85. The van der Waals surface area contributed by atoms with Crippen LogP contribution >= 0.6 is 11.3 Å². The summed E-state index contributed by atoms with van der Waals surface area (Å²) in [6.07, 6.45) is -3.21. The Hall–Kier alpha value is -0.840. The molecule has 0 bridgehead atoms. The third kappa shape index (κ3) is 2.76. The van der Waals surface area contributed by atoms with Crippen molar-refractivity contribution in [3.63, 3.8) is 0 Å². The highest BCUT2D eigenvalue weighted by Crippen LogP contribution is 2.40. The van der Waals surface area contributed by atoms with Gasteiger partial charge in [-0.15, -0.1) is 11.3 Å². The highest BCUT2D eigenvalue weighted by Gasteiger charge is 2.42. The molecule has 1 nitrogen and oxygen atoms in total. The average Bonchev–Trinajstić information content (AvgIpc) is 2.73. The first-order valence-corrected chi connectivity index (χ1v) is 6.92. The molecule has 5 heteroatoms. The summed E-state index contributed by atoms with van der Waals surface area (Å²) in [6, 6.07) is 1.78. The van der Waals surface area contributed by atoms with Crippen LogP contribution in [0.4, 0.5) is 13.2 Å². The zero-order chi connectivity index (χ0) is 13.3.